The van der Waals surface area contributed by atoms with Crippen LogP contribution in [0.25, 0.3) is 28.3 Å². The number of hydrogen-bond acceptors (Lipinski definition) is 1. The Balaban J connectivity index is 1.54. The first-order valence-electron chi connectivity index (χ1n) is 13.5. The molecule has 1 heterocycles. The molecule has 186 valence electrons. The van der Waals surface area contributed by atoms with Gasteiger partial charge in [-0.05, 0) is 68.6 Å². The average molecular weight is 517 g/mol. The van der Waals surface area contributed by atoms with Crippen LogP contribution in [-0.4, -0.2) is 0 Å². The topological polar surface area (TPSA) is 0 Å². The van der Waals surface area contributed by atoms with Gasteiger partial charge in [-0.2, -0.15) is 0 Å². The quantitative estimate of drug-likeness (QED) is 0.225. The van der Waals surface area contributed by atoms with Gasteiger partial charge in [0.25, 0.3) is 0 Å². The van der Waals surface area contributed by atoms with Gasteiger partial charge >= 0.3 is 0 Å². The molecule has 7 rings (SSSR count). The Morgan fingerprint density at radius 2 is 1.31 bits per heavy atom. The van der Waals surface area contributed by atoms with Crippen molar-refractivity contribution in [2.75, 3.05) is 0 Å². The second-order valence-electron chi connectivity index (χ2n) is 10.1. The molecule has 39 heavy (non-hydrogen) atoms. The Morgan fingerprint density at radius 1 is 0.641 bits per heavy atom. The van der Waals surface area contributed by atoms with E-state index in [1.54, 1.807) is 0 Å². The molecule has 0 saturated carbocycles. The Labute approximate surface area is 235 Å². The lowest BCUT2D eigenvalue weighted by atomic mass is 9.76. The lowest BCUT2D eigenvalue weighted by Gasteiger charge is -2.31. The van der Waals surface area contributed by atoms with Crippen molar-refractivity contribution >= 4 is 17.8 Å². The summed E-state index contributed by atoms with van der Waals surface area (Å²) in [5.74, 6) is 0.147. The van der Waals surface area contributed by atoms with Gasteiger partial charge in [0.05, 0.1) is 0 Å². The second kappa shape index (κ2) is 10.4. The van der Waals surface area contributed by atoms with Crippen LogP contribution in [-0.2, 0) is 6.42 Å². The molecule has 0 amide bonds. The highest BCUT2D eigenvalue weighted by Gasteiger charge is 2.29. The van der Waals surface area contributed by atoms with Crippen LogP contribution in [0.4, 0.5) is 0 Å². The molecule has 0 spiro atoms. The summed E-state index contributed by atoms with van der Waals surface area (Å²) in [6, 6.07) is 43.9. The third-order valence-corrected chi connectivity index (χ3v) is 8.85. The van der Waals surface area contributed by atoms with E-state index in [4.69, 9.17) is 0 Å². The molecule has 5 aromatic carbocycles. The summed E-state index contributed by atoms with van der Waals surface area (Å²) in [7, 11) is 0. The molecule has 0 saturated heterocycles. The minimum Gasteiger partial charge on any atom is -0.0895 e. The maximum atomic E-state index is 2.44. The van der Waals surface area contributed by atoms with Crippen LogP contribution in [0.3, 0.4) is 0 Å². The van der Waals surface area contributed by atoms with E-state index in [1.165, 1.54) is 59.9 Å². The van der Waals surface area contributed by atoms with Gasteiger partial charge in [-0.3, -0.25) is 0 Å². The molecule has 0 N–H and O–H groups in total. The van der Waals surface area contributed by atoms with Crippen LogP contribution < -0.4 is 0 Å². The van der Waals surface area contributed by atoms with Crippen molar-refractivity contribution in [2.24, 2.45) is 0 Å². The SMILES string of the molecule is C1=CC(=Cc2ccccc2)C(c2c3c(cc(-c4ccccc4)c2-c2ccccc2)Sc2ccccc2C3)C=C1. The highest BCUT2D eigenvalue weighted by atomic mass is 32.2. The van der Waals surface area contributed by atoms with Gasteiger partial charge in [-0.15, -0.1) is 0 Å². The van der Waals surface area contributed by atoms with E-state index in [0.29, 0.717) is 0 Å². The fourth-order valence-corrected chi connectivity index (χ4v) is 6.99. The van der Waals surface area contributed by atoms with Crippen LogP contribution in [0.5, 0.6) is 0 Å². The van der Waals surface area contributed by atoms with Gasteiger partial charge in [0.15, 0.2) is 0 Å². The van der Waals surface area contributed by atoms with E-state index in [1.807, 2.05) is 11.8 Å². The standard InChI is InChI=1S/C38H28S/c1-4-14-27(15-5-1)24-30-20-10-12-22-32(30)38-34-25-31-21-11-13-23-35(31)39-36(34)26-33(28-16-6-2-7-17-28)37(38)29-18-8-3-9-19-29/h1-24,26,32H,25H2. The van der Waals surface area contributed by atoms with Crippen LogP contribution >= 0.6 is 11.8 Å². The van der Waals surface area contributed by atoms with Crippen molar-refractivity contribution in [2.45, 2.75) is 22.1 Å². The highest BCUT2D eigenvalue weighted by Crippen LogP contribution is 2.51. The summed E-state index contributed by atoms with van der Waals surface area (Å²) >= 11 is 1.92. The van der Waals surface area contributed by atoms with Crippen molar-refractivity contribution in [3.05, 3.63) is 173 Å². The second-order valence-corrected chi connectivity index (χ2v) is 11.2. The zero-order chi connectivity index (χ0) is 26.0. The maximum absolute atomic E-state index is 2.44. The Bertz CT molecular complexity index is 1720. The van der Waals surface area contributed by atoms with E-state index in [2.05, 4.69) is 152 Å². The molecular weight excluding hydrogens is 488 g/mol. The van der Waals surface area contributed by atoms with E-state index < -0.39 is 0 Å². The first-order chi connectivity index (χ1) is 19.3. The van der Waals surface area contributed by atoms with Gasteiger partial charge in [0.2, 0.25) is 0 Å². The van der Waals surface area contributed by atoms with Gasteiger partial charge in [-0.25, -0.2) is 0 Å². The minimum absolute atomic E-state index is 0.147. The van der Waals surface area contributed by atoms with Crippen molar-refractivity contribution in [3.63, 3.8) is 0 Å². The summed E-state index contributed by atoms with van der Waals surface area (Å²) in [6.07, 6.45) is 12.4. The molecule has 1 unspecified atom stereocenters. The lowest BCUT2D eigenvalue weighted by Crippen LogP contribution is -2.12. The smallest absolute Gasteiger partial charge is 0.0282 e. The summed E-state index contributed by atoms with van der Waals surface area (Å²) < 4.78 is 0. The van der Waals surface area contributed by atoms with Gasteiger partial charge in [0, 0.05) is 15.7 Å². The van der Waals surface area contributed by atoms with Gasteiger partial charge in [-0.1, -0.05) is 151 Å². The monoisotopic (exact) mass is 516 g/mol. The normalized spacial score (nSPS) is 16.6. The molecule has 0 fully saturated rings. The molecule has 1 aliphatic carbocycles. The molecule has 5 aromatic rings. The predicted octanol–water partition coefficient (Wildman–Crippen LogP) is 10.4. The third kappa shape index (κ3) is 4.60. The van der Waals surface area contributed by atoms with E-state index in [-0.39, 0.29) is 5.92 Å². The van der Waals surface area contributed by atoms with Crippen molar-refractivity contribution < 1.29 is 0 Å². The maximum Gasteiger partial charge on any atom is 0.0282 e. The van der Waals surface area contributed by atoms with Crippen LogP contribution in [0.2, 0.25) is 0 Å². The highest BCUT2D eigenvalue weighted by molar-refractivity contribution is 7.99. The molecule has 0 aromatic heterocycles. The molecular formula is C38H28S. The number of fused-ring (bicyclic) bond motifs is 2. The molecule has 1 atom stereocenters. The zero-order valence-electron chi connectivity index (χ0n) is 21.6. The predicted molar refractivity (Wildman–Crippen MR) is 166 cm³/mol. The van der Waals surface area contributed by atoms with Crippen molar-refractivity contribution in [3.8, 4) is 22.3 Å². The van der Waals surface area contributed by atoms with Crippen molar-refractivity contribution in [1.82, 2.24) is 0 Å². The molecule has 1 heteroatoms. The van der Waals surface area contributed by atoms with Crippen LogP contribution in [0.15, 0.2) is 161 Å². The molecule has 2 aliphatic rings. The fraction of sp³-hybridized carbons (Fsp3) is 0.0526. The molecule has 1 aliphatic heterocycles. The number of hydrogen-bond donors (Lipinski definition) is 0. The van der Waals surface area contributed by atoms with E-state index >= 15 is 0 Å². The van der Waals surface area contributed by atoms with Crippen molar-refractivity contribution in [1.29, 1.82) is 0 Å². The Morgan fingerprint density at radius 3 is 2.08 bits per heavy atom. The van der Waals surface area contributed by atoms with Crippen LogP contribution in [0, 0.1) is 0 Å². The lowest BCUT2D eigenvalue weighted by molar-refractivity contribution is 0.946. The number of allylic oxidation sites excluding steroid dienone is 5. The number of benzene rings is 5. The van der Waals surface area contributed by atoms with E-state index in [9.17, 15) is 0 Å². The fourth-order valence-electron chi connectivity index (χ4n) is 5.85. The average Bonchev–Trinajstić information content (AvgIpc) is 3.01. The summed E-state index contributed by atoms with van der Waals surface area (Å²) in [4.78, 5) is 2.73. The van der Waals surface area contributed by atoms with Gasteiger partial charge < -0.3 is 0 Å². The first kappa shape index (κ1) is 23.8. The molecule has 0 bridgehead atoms. The summed E-state index contributed by atoms with van der Waals surface area (Å²) in [5, 5.41) is 0. The largest absolute Gasteiger partial charge is 0.0895 e. The number of rotatable bonds is 4. The minimum atomic E-state index is 0.147. The molecule has 0 radical (unpaired) electrons. The molecule has 0 nitrogen and oxygen atoms in total. The Kier molecular flexibility index (Phi) is 6.36. The third-order valence-electron chi connectivity index (χ3n) is 7.65. The van der Waals surface area contributed by atoms with Crippen LogP contribution in [0.1, 0.15) is 28.2 Å². The Hall–Kier alpha value is -4.33. The summed E-state index contributed by atoms with van der Waals surface area (Å²) in [6.45, 7) is 0. The van der Waals surface area contributed by atoms with E-state index in [0.717, 1.165) is 6.42 Å². The summed E-state index contributed by atoms with van der Waals surface area (Å²) in [5.41, 5.74) is 12.0. The zero-order valence-corrected chi connectivity index (χ0v) is 22.4. The van der Waals surface area contributed by atoms with Gasteiger partial charge in [0.1, 0.15) is 0 Å². The first-order valence-corrected chi connectivity index (χ1v) is 14.3.